The van der Waals surface area contributed by atoms with E-state index < -0.39 is 17.9 Å². The van der Waals surface area contributed by atoms with Crippen molar-refractivity contribution in [1.82, 2.24) is 14.7 Å². The Morgan fingerprint density at radius 2 is 1.32 bits per heavy atom. The van der Waals surface area contributed by atoms with E-state index in [1.165, 1.54) is 6.92 Å². The second kappa shape index (κ2) is 9.57. The number of likely N-dealkylation sites (tertiary alicyclic amines) is 2. The summed E-state index contributed by atoms with van der Waals surface area (Å²) < 4.78 is 0. The van der Waals surface area contributed by atoms with Crippen molar-refractivity contribution in [1.29, 1.82) is 0 Å². The molecule has 4 amide bonds. The molecule has 0 saturated carbocycles. The standard InChI is InChI=1S/C29H31N3O5/c1-3-24(32-26(35)22-6-4-5-7-23(22)27(32)36)28(37)31-17-14-29(18-31)12-15-30(16-13-29)25(34)21-10-8-20(9-11-21)19(2)33/h4-11,24H,3,12-18H2,1-2H3. The third-order valence-corrected chi connectivity index (χ3v) is 8.21. The Bertz CT molecular complexity index is 1240. The minimum absolute atomic E-state index is 0.0347. The number of carbonyl (C=O) groups excluding carboxylic acids is 5. The van der Waals surface area contributed by atoms with E-state index in [0.29, 0.717) is 54.9 Å². The molecule has 0 bridgehead atoms. The lowest BCUT2D eigenvalue weighted by Gasteiger charge is -2.39. The van der Waals surface area contributed by atoms with Crippen LogP contribution in [0, 0.1) is 5.41 Å². The Hall–Kier alpha value is -3.81. The van der Waals surface area contributed by atoms with Crippen molar-refractivity contribution in [3.63, 3.8) is 0 Å². The first-order valence-corrected chi connectivity index (χ1v) is 12.9. The summed E-state index contributed by atoms with van der Waals surface area (Å²) >= 11 is 0. The first kappa shape index (κ1) is 24.9. The van der Waals surface area contributed by atoms with Gasteiger partial charge in [0.25, 0.3) is 17.7 Å². The molecule has 1 atom stereocenters. The van der Waals surface area contributed by atoms with Gasteiger partial charge in [-0.3, -0.25) is 28.9 Å². The lowest BCUT2D eigenvalue weighted by molar-refractivity contribution is -0.135. The van der Waals surface area contributed by atoms with Crippen molar-refractivity contribution in [2.24, 2.45) is 5.41 Å². The van der Waals surface area contributed by atoms with E-state index in [9.17, 15) is 24.0 Å². The Kier molecular flexibility index (Phi) is 6.43. The number of amides is 4. The van der Waals surface area contributed by atoms with Crippen LogP contribution < -0.4 is 0 Å². The molecule has 0 aliphatic carbocycles. The molecule has 2 fully saturated rings. The lowest BCUT2D eigenvalue weighted by Crippen LogP contribution is -2.51. The van der Waals surface area contributed by atoms with Gasteiger partial charge in [0, 0.05) is 37.3 Å². The Morgan fingerprint density at radius 3 is 1.84 bits per heavy atom. The highest BCUT2D eigenvalue weighted by Gasteiger charge is 2.47. The van der Waals surface area contributed by atoms with E-state index in [0.717, 1.165) is 24.2 Å². The first-order chi connectivity index (χ1) is 17.7. The molecule has 1 spiro atoms. The van der Waals surface area contributed by atoms with Crippen LogP contribution in [0.3, 0.4) is 0 Å². The maximum absolute atomic E-state index is 13.6. The molecule has 0 radical (unpaired) electrons. The summed E-state index contributed by atoms with van der Waals surface area (Å²) in [5, 5.41) is 0. The van der Waals surface area contributed by atoms with Crippen LogP contribution in [0.15, 0.2) is 48.5 Å². The van der Waals surface area contributed by atoms with Gasteiger partial charge in [-0.15, -0.1) is 0 Å². The largest absolute Gasteiger partial charge is 0.340 e. The van der Waals surface area contributed by atoms with Crippen LogP contribution in [0.5, 0.6) is 0 Å². The number of hydrogen-bond acceptors (Lipinski definition) is 5. The number of piperidine rings is 1. The topological polar surface area (TPSA) is 95.1 Å². The molecule has 3 aliphatic rings. The summed E-state index contributed by atoms with van der Waals surface area (Å²) in [5.41, 5.74) is 1.78. The van der Waals surface area contributed by atoms with E-state index in [1.54, 1.807) is 53.4 Å². The van der Waals surface area contributed by atoms with Crippen molar-refractivity contribution < 1.29 is 24.0 Å². The van der Waals surface area contributed by atoms with Crippen LogP contribution in [-0.2, 0) is 4.79 Å². The number of carbonyl (C=O) groups is 5. The van der Waals surface area contributed by atoms with Gasteiger partial charge < -0.3 is 9.80 Å². The van der Waals surface area contributed by atoms with E-state index in [4.69, 9.17) is 0 Å². The minimum atomic E-state index is -0.817. The fourth-order valence-electron chi connectivity index (χ4n) is 5.91. The molecular formula is C29H31N3O5. The fraction of sp³-hybridized carbons (Fsp3) is 0.414. The van der Waals surface area contributed by atoms with Crippen LogP contribution in [0.2, 0.25) is 0 Å². The molecule has 8 heteroatoms. The molecule has 192 valence electrons. The summed E-state index contributed by atoms with van der Waals surface area (Å²) in [6, 6.07) is 12.6. The molecule has 37 heavy (non-hydrogen) atoms. The van der Waals surface area contributed by atoms with Crippen LogP contribution in [-0.4, -0.2) is 76.3 Å². The third-order valence-electron chi connectivity index (χ3n) is 8.21. The van der Waals surface area contributed by atoms with Gasteiger partial charge in [0.15, 0.2) is 5.78 Å². The summed E-state index contributed by atoms with van der Waals surface area (Å²) in [7, 11) is 0. The van der Waals surface area contributed by atoms with Crippen LogP contribution in [0.4, 0.5) is 0 Å². The average molecular weight is 502 g/mol. The first-order valence-electron chi connectivity index (χ1n) is 12.9. The summed E-state index contributed by atoms with van der Waals surface area (Å²) in [5.74, 6) is -1.08. The van der Waals surface area contributed by atoms with E-state index in [1.807, 2.05) is 11.8 Å². The zero-order valence-electron chi connectivity index (χ0n) is 21.2. The van der Waals surface area contributed by atoms with Crippen LogP contribution >= 0.6 is 0 Å². The molecule has 2 aromatic rings. The van der Waals surface area contributed by atoms with Gasteiger partial charge in [0.05, 0.1) is 11.1 Å². The quantitative estimate of drug-likeness (QED) is 0.462. The molecule has 2 saturated heterocycles. The highest BCUT2D eigenvalue weighted by molar-refractivity contribution is 6.22. The maximum atomic E-state index is 13.6. The average Bonchev–Trinajstić information content (AvgIpc) is 3.44. The predicted molar refractivity (Wildman–Crippen MR) is 136 cm³/mol. The highest BCUT2D eigenvalue weighted by Crippen LogP contribution is 2.41. The van der Waals surface area contributed by atoms with Gasteiger partial charge in [-0.1, -0.05) is 31.2 Å². The third kappa shape index (κ3) is 4.34. The molecule has 5 rings (SSSR count). The number of ketones is 1. The molecule has 1 unspecified atom stereocenters. The molecule has 3 heterocycles. The van der Waals surface area contributed by atoms with E-state index in [-0.39, 0.29) is 23.0 Å². The zero-order valence-corrected chi connectivity index (χ0v) is 21.2. The van der Waals surface area contributed by atoms with Crippen LogP contribution in [0.1, 0.15) is 81.0 Å². The molecule has 0 aromatic heterocycles. The van der Waals surface area contributed by atoms with E-state index in [2.05, 4.69) is 0 Å². The Labute approximate surface area is 216 Å². The number of hydrogen-bond donors (Lipinski definition) is 0. The zero-order chi connectivity index (χ0) is 26.3. The maximum Gasteiger partial charge on any atom is 0.262 e. The van der Waals surface area contributed by atoms with Crippen molar-refractivity contribution in [2.45, 2.75) is 45.6 Å². The minimum Gasteiger partial charge on any atom is -0.340 e. The van der Waals surface area contributed by atoms with Crippen molar-refractivity contribution >= 4 is 29.4 Å². The van der Waals surface area contributed by atoms with Crippen molar-refractivity contribution in [2.75, 3.05) is 26.2 Å². The molecular weight excluding hydrogens is 470 g/mol. The number of benzene rings is 2. The van der Waals surface area contributed by atoms with Crippen molar-refractivity contribution in [3.05, 3.63) is 70.8 Å². The van der Waals surface area contributed by atoms with Gasteiger partial charge in [0.1, 0.15) is 6.04 Å². The summed E-state index contributed by atoms with van der Waals surface area (Å²) in [6.07, 6.45) is 2.78. The number of Topliss-reactive ketones (excluding diaryl/α,β-unsaturated/α-hetero) is 1. The van der Waals surface area contributed by atoms with Gasteiger partial charge in [-0.2, -0.15) is 0 Å². The number of fused-ring (bicyclic) bond motifs is 1. The van der Waals surface area contributed by atoms with E-state index >= 15 is 0 Å². The SMILES string of the molecule is CCC(C(=O)N1CCC2(CCN(C(=O)c3ccc(C(C)=O)cc3)CC2)C1)N1C(=O)c2ccccc2C1=O. The number of imide groups is 1. The second-order valence-electron chi connectivity index (χ2n) is 10.4. The number of rotatable bonds is 5. The Morgan fingerprint density at radius 1 is 0.811 bits per heavy atom. The molecule has 0 N–H and O–H groups in total. The summed E-state index contributed by atoms with van der Waals surface area (Å²) in [6.45, 7) is 5.68. The summed E-state index contributed by atoms with van der Waals surface area (Å²) in [4.78, 5) is 68.8. The second-order valence-corrected chi connectivity index (χ2v) is 10.4. The Balaban J connectivity index is 1.22. The normalized spacial score (nSPS) is 19.4. The van der Waals surface area contributed by atoms with Gasteiger partial charge in [0.2, 0.25) is 5.91 Å². The lowest BCUT2D eigenvalue weighted by atomic mass is 9.77. The monoisotopic (exact) mass is 501 g/mol. The fourth-order valence-corrected chi connectivity index (χ4v) is 5.91. The highest BCUT2D eigenvalue weighted by atomic mass is 16.2. The molecule has 3 aliphatic heterocycles. The van der Waals surface area contributed by atoms with Crippen molar-refractivity contribution in [3.8, 4) is 0 Å². The number of nitrogens with zero attached hydrogens (tertiary/aromatic N) is 3. The van der Waals surface area contributed by atoms with Crippen LogP contribution in [0.25, 0.3) is 0 Å². The van der Waals surface area contributed by atoms with Gasteiger partial charge in [-0.25, -0.2) is 0 Å². The molecule has 2 aromatic carbocycles. The molecule has 8 nitrogen and oxygen atoms in total. The van der Waals surface area contributed by atoms with Gasteiger partial charge in [-0.05, 0) is 62.3 Å². The van der Waals surface area contributed by atoms with Gasteiger partial charge >= 0.3 is 0 Å². The smallest absolute Gasteiger partial charge is 0.262 e. The predicted octanol–water partition coefficient (Wildman–Crippen LogP) is 3.42.